The van der Waals surface area contributed by atoms with E-state index in [1.54, 1.807) is 6.07 Å². The molecule has 0 fully saturated rings. The molecule has 0 radical (unpaired) electrons. The molecule has 4 rings (SSSR count). The molecule has 0 saturated carbocycles. The Balaban J connectivity index is 1.38. The van der Waals surface area contributed by atoms with Gasteiger partial charge in [-0.25, -0.2) is 4.98 Å². The van der Waals surface area contributed by atoms with Crippen molar-refractivity contribution in [1.29, 1.82) is 0 Å². The Labute approximate surface area is 183 Å². The maximum Gasteiger partial charge on any atom is 0.224 e. The molecule has 7 heteroatoms. The van der Waals surface area contributed by atoms with Crippen molar-refractivity contribution in [2.75, 3.05) is 5.32 Å². The van der Waals surface area contributed by atoms with Crippen molar-refractivity contribution in [2.24, 2.45) is 0 Å². The first-order valence-electron chi connectivity index (χ1n) is 9.71. The number of nitrogens with one attached hydrogen (secondary N) is 2. The zero-order valence-corrected chi connectivity index (χ0v) is 17.4. The van der Waals surface area contributed by atoms with Gasteiger partial charge in [-0.2, -0.15) is 0 Å². The Bertz CT molecular complexity index is 1190. The van der Waals surface area contributed by atoms with Crippen LogP contribution in [-0.2, 0) is 17.8 Å². The lowest BCUT2D eigenvalue weighted by atomic mass is 10.1. The van der Waals surface area contributed by atoms with Gasteiger partial charge in [0, 0.05) is 23.2 Å². The van der Waals surface area contributed by atoms with Gasteiger partial charge in [0.05, 0.1) is 12.1 Å². The second-order valence-corrected chi connectivity index (χ2v) is 7.86. The van der Waals surface area contributed by atoms with Crippen molar-refractivity contribution in [3.8, 4) is 22.8 Å². The molecule has 4 N–H and O–H groups in total. The maximum atomic E-state index is 12.3. The quantitative estimate of drug-likeness (QED) is 0.315. The minimum absolute atomic E-state index is 0.0373. The van der Waals surface area contributed by atoms with E-state index in [-0.39, 0.29) is 23.8 Å². The molecule has 0 aliphatic rings. The molecule has 1 aromatic heterocycles. The van der Waals surface area contributed by atoms with Crippen LogP contribution in [0.25, 0.3) is 11.3 Å². The molecule has 0 atom stereocenters. The van der Waals surface area contributed by atoms with Crippen LogP contribution in [0.15, 0.2) is 78.2 Å². The molecule has 0 saturated heterocycles. The van der Waals surface area contributed by atoms with Crippen LogP contribution >= 0.6 is 11.3 Å². The third-order valence-electron chi connectivity index (χ3n) is 4.65. The third kappa shape index (κ3) is 5.40. The third-order valence-corrected chi connectivity index (χ3v) is 5.41. The number of hydrogen-bond acceptors (Lipinski definition) is 6. The molecule has 0 bridgehead atoms. The molecule has 0 aliphatic carbocycles. The molecule has 1 amide bonds. The predicted octanol–water partition coefficient (Wildman–Crippen LogP) is 4.82. The van der Waals surface area contributed by atoms with E-state index in [2.05, 4.69) is 15.6 Å². The van der Waals surface area contributed by atoms with Gasteiger partial charge in [-0.05, 0) is 41.5 Å². The van der Waals surface area contributed by atoms with Gasteiger partial charge >= 0.3 is 0 Å². The summed E-state index contributed by atoms with van der Waals surface area (Å²) in [5, 5.41) is 27.9. The van der Waals surface area contributed by atoms with Crippen molar-refractivity contribution in [3.05, 3.63) is 89.3 Å². The number of benzene rings is 3. The Morgan fingerprint density at radius 1 is 0.903 bits per heavy atom. The van der Waals surface area contributed by atoms with E-state index in [4.69, 9.17) is 0 Å². The van der Waals surface area contributed by atoms with Gasteiger partial charge in [0.2, 0.25) is 5.91 Å². The number of nitrogens with zero attached hydrogens (tertiary/aromatic N) is 1. The average molecular weight is 432 g/mol. The molecule has 0 aliphatic heterocycles. The highest BCUT2D eigenvalue weighted by atomic mass is 32.1. The van der Waals surface area contributed by atoms with Gasteiger partial charge in [-0.15, -0.1) is 11.3 Å². The lowest BCUT2D eigenvalue weighted by Crippen LogP contribution is -2.24. The van der Waals surface area contributed by atoms with Crippen molar-refractivity contribution < 1.29 is 15.0 Å². The minimum Gasteiger partial charge on any atom is -0.504 e. The zero-order chi connectivity index (χ0) is 21.6. The summed E-state index contributed by atoms with van der Waals surface area (Å²) < 4.78 is 0. The summed E-state index contributed by atoms with van der Waals surface area (Å²) in [7, 11) is 0. The highest BCUT2D eigenvalue weighted by Gasteiger charge is 2.09. The van der Waals surface area contributed by atoms with Crippen LogP contribution in [0.4, 0.5) is 10.8 Å². The number of carbonyl (C=O) groups is 1. The summed E-state index contributed by atoms with van der Waals surface area (Å²) in [5.41, 5.74) is 4.20. The van der Waals surface area contributed by atoms with Crippen LogP contribution in [0.2, 0.25) is 0 Å². The Kier molecular flexibility index (Phi) is 6.14. The molecule has 0 unspecified atom stereocenters. The summed E-state index contributed by atoms with van der Waals surface area (Å²) in [4.78, 5) is 16.8. The van der Waals surface area contributed by atoms with E-state index in [1.807, 2.05) is 60.0 Å². The maximum absolute atomic E-state index is 12.3. The second-order valence-electron chi connectivity index (χ2n) is 7.01. The number of anilines is 2. The van der Waals surface area contributed by atoms with Gasteiger partial charge in [-0.1, -0.05) is 42.5 Å². The van der Waals surface area contributed by atoms with E-state index in [9.17, 15) is 15.0 Å². The fraction of sp³-hybridized carbons (Fsp3) is 0.0833. The zero-order valence-electron chi connectivity index (χ0n) is 16.6. The number of phenolic OH excluding ortho intramolecular Hbond substituents is 2. The second kappa shape index (κ2) is 9.32. The average Bonchev–Trinajstić information content (AvgIpc) is 3.24. The summed E-state index contributed by atoms with van der Waals surface area (Å²) in [6.45, 7) is 0.506. The molecular weight excluding hydrogens is 410 g/mol. The van der Waals surface area contributed by atoms with Gasteiger partial charge < -0.3 is 20.8 Å². The first-order chi connectivity index (χ1) is 15.1. The summed E-state index contributed by atoms with van der Waals surface area (Å²) in [5.74, 6) is -0.384. The topological polar surface area (TPSA) is 94.5 Å². The summed E-state index contributed by atoms with van der Waals surface area (Å²) in [6.07, 6.45) is 0.290. The number of hydrogen-bond donors (Lipinski definition) is 4. The number of amides is 1. The Morgan fingerprint density at radius 3 is 2.52 bits per heavy atom. The van der Waals surface area contributed by atoms with Gasteiger partial charge in [0.1, 0.15) is 0 Å². The van der Waals surface area contributed by atoms with Crippen LogP contribution in [0.1, 0.15) is 11.1 Å². The first-order valence-corrected chi connectivity index (χ1v) is 10.6. The van der Waals surface area contributed by atoms with Gasteiger partial charge in [0.25, 0.3) is 0 Å². The largest absolute Gasteiger partial charge is 0.504 e. The minimum atomic E-state index is -0.182. The molecule has 1 heterocycles. The first kappa shape index (κ1) is 20.4. The number of aromatic nitrogens is 1. The fourth-order valence-electron chi connectivity index (χ4n) is 3.07. The molecule has 31 heavy (non-hydrogen) atoms. The number of rotatable bonds is 7. The SMILES string of the molecule is O=C(Cc1cccc(Nc2nc(-c3ccc(O)c(O)c3)cs2)c1)NCc1ccccc1. The number of thiazole rings is 1. The van der Waals surface area contributed by atoms with E-state index >= 15 is 0 Å². The Hall–Kier alpha value is -3.84. The number of carbonyl (C=O) groups excluding carboxylic acids is 1. The van der Waals surface area contributed by atoms with Crippen molar-refractivity contribution >= 4 is 28.1 Å². The monoisotopic (exact) mass is 431 g/mol. The molecule has 6 nitrogen and oxygen atoms in total. The standard InChI is InChI=1S/C24H21N3O3S/c28-21-10-9-18(13-22(21)29)20-15-31-24(27-20)26-19-8-4-7-17(11-19)12-23(30)25-14-16-5-2-1-3-6-16/h1-11,13,15,28-29H,12,14H2,(H,25,30)(H,26,27). The highest BCUT2D eigenvalue weighted by molar-refractivity contribution is 7.14. The molecule has 3 aromatic carbocycles. The fourth-order valence-corrected chi connectivity index (χ4v) is 3.81. The van der Waals surface area contributed by atoms with Gasteiger partial charge in [-0.3, -0.25) is 4.79 Å². The van der Waals surface area contributed by atoms with Crippen LogP contribution in [0.5, 0.6) is 11.5 Å². The number of phenols is 2. The van der Waals surface area contributed by atoms with Crippen LogP contribution in [0, 0.1) is 0 Å². The van der Waals surface area contributed by atoms with Crippen molar-refractivity contribution in [3.63, 3.8) is 0 Å². The normalized spacial score (nSPS) is 10.6. The lowest BCUT2D eigenvalue weighted by molar-refractivity contribution is -0.120. The number of aromatic hydroxyl groups is 2. The van der Waals surface area contributed by atoms with Gasteiger partial charge in [0.15, 0.2) is 16.6 Å². The predicted molar refractivity (Wildman–Crippen MR) is 123 cm³/mol. The molecule has 4 aromatic rings. The van der Waals surface area contributed by atoms with Crippen molar-refractivity contribution in [2.45, 2.75) is 13.0 Å². The van der Waals surface area contributed by atoms with Crippen LogP contribution in [0.3, 0.4) is 0 Å². The molecular formula is C24H21N3O3S. The van der Waals surface area contributed by atoms with Crippen LogP contribution < -0.4 is 10.6 Å². The summed E-state index contributed by atoms with van der Waals surface area (Å²) in [6, 6.07) is 22.1. The van der Waals surface area contributed by atoms with E-state index < -0.39 is 0 Å². The Morgan fingerprint density at radius 2 is 1.71 bits per heavy atom. The van der Waals surface area contributed by atoms with E-state index in [0.717, 1.165) is 16.8 Å². The summed E-state index contributed by atoms with van der Waals surface area (Å²) >= 11 is 1.43. The smallest absolute Gasteiger partial charge is 0.224 e. The van der Waals surface area contributed by atoms with E-state index in [1.165, 1.54) is 23.5 Å². The van der Waals surface area contributed by atoms with Crippen LogP contribution in [-0.4, -0.2) is 21.1 Å². The molecule has 156 valence electrons. The lowest BCUT2D eigenvalue weighted by Gasteiger charge is -2.08. The van der Waals surface area contributed by atoms with E-state index in [0.29, 0.717) is 22.9 Å². The van der Waals surface area contributed by atoms with Crippen molar-refractivity contribution in [1.82, 2.24) is 10.3 Å². The highest BCUT2D eigenvalue weighted by Crippen LogP contribution is 2.32. The molecule has 0 spiro atoms.